The summed E-state index contributed by atoms with van der Waals surface area (Å²) in [6, 6.07) is 3.23. The number of methoxy groups -OCH3 is 2. The number of nitrogens with zero attached hydrogens (tertiary/aromatic N) is 3. The van der Waals surface area contributed by atoms with Gasteiger partial charge in [-0.05, 0) is 32.3 Å². The van der Waals surface area contributed by atoms with Crippen molar-refractivity contribution in [3.05, 3.63) is 23.3 Å². The summed E-state index contributed by atoms with van der Waals surface area (Å²) in [6.45, 7) is 3.55. The van der Waals surface area contributed by atoms with E-state index in [9.17, 15) is 4.79 Å². The molecule has 0 radical (unpaired) electrons. The Morgan fingerprint density at radius 2 is 1.86 bits per heavy atom. The lowest BCUT2D eigenvalue weighted by atomic mass is 10.1. The second-order valence-electron chi connectivity index (χ2n) is 7.54. The van der Waals surface area contributed by atoms with E-state index in [1.807, 2.05) is 4.90 Å². The molecule has 1 aliphatic heterocycles. The van der Waals surface area contributed by atoms with Crippen molar-refractivity contribution in [1.29, 1.82) is 0 Å². The van der Waals surface area contributed by atoms with Gasteiger partial charge in [-0.3, -0.25) is 4.79 Å². The number of nitrogens with one attached hydrogen (secondary N) is 1. The predicted octanol–water partition coefficient (Wildman–Crippen LogP) is 2.08. The molecular weight excluding hydrogens is 370 g/mol. The number of anilines is 2. The molecular formula is C21H27N5O3. The predicted molar refractivity (Wildman–Crippen MR) is 113 cm³/mol. The third kappa shape index (κ3) is 3.85. The Morgan fingerprint density at radius 1 is 1.17 bits per heavy atom. The van der Waals surface area contributed by atoms with E-state index in [-0.39, 0.29) is 11.8 Å². The van der Waals surface area contributed by atoms with E-state index in [4.69, 9.17) is 15.2 Å². The molecule has 1 atom stereocenters. The van der Waals surface area contributed by atoms with Crippen molar-refractivity contribution >= 4 is 28.5 Å². The van der Waals surface area contributed by atoms with Crippen molar-refractivity contribution in [3.8, 4) is 11.5 Å². The second-order valence-corrected chi connectivity index (χ2v) is 7.54. The first-order valence-electron chi connectivity index (χ1n) is 9.88. The molecule has 1 fully saturated rings. The summed E-state index contributed by atoms with van der Waals surface area (Å²) in [4.78, 5) is 22.8. The average molecular weight is 397 g/mol. The van der Waals surface area contributed by atoms with Crippen LogP contribution in [-0.2, 0) is 4.79 Å². The minimum absolute atomic E-state index is 0.0665. The van der Waals surface area contributed by atoms with Gasteiger partial charge in [0.25, 0.3) is 0 Å². The molecule has 2 aliphatic carbocycles. The van der Waals surface area contributed by atoms with E-state index < -0.39 is 0 Å². The van der Waals surface area contributed by atoms with Crippen LogP contribution in [0.3, 0.4) is 0 Å². The maximum absolute atomic E-state index is 11.9. The van der Waals surface area contributed by atoms with Crippen LogP contribution in [0.1, 0.15) is 26.2 Å². The number of ether oxygens (including phenoxy) is 2. The molecule has 8 heteroatoms. The maximum Gasteiger partial charge on any atom is 0.228 e. The second kappa shape index (κ2) is 7.87. The number of rotatable bonds is 4. The monoisotopic (exact) mass is 397 g/mol. The van der Waals surface area contributed by atoms with Gasteiger partial charge < -0.3 is 25.4 Å². The number of aromatic nitrogens is 2. The van der Waals surface area contributed by atoms with Crippen LogP contribution in [-0.4, -0.2) is 55.6 Å². The molecule has 0 bridgehead atoms. The molecule has 3 aliphatic rings. The molecule has 0 saturated carbocycles. The van der Waals surface area contributed by atoms with E-state index in [1.165, 1.54) is 19.3 Å². The summed E-state index contributed by atoms with van der Waals surface area (Å²) >= 11 is 0. The van der Waals surface area contributed by atoms with Crippen molar-refractivity contribution in [2.24, 2.45) is 0 Å². The lowest BCUT2D eigenvalue weighted by Crippen LogP contribution is -2.55. The largest absolute Gasteiger partial charge is 0.493 e. The van der Waals surface area contributed by atoms with Gasteiger partial charge in [0.1, 0.15) is 11.9 Å². The third-order valence-corrected chi connectivity index (χ3v) is 5.72. The normalized spacial score (nSPS) is 19.7. The lowest BCUT2D eigenvalue weighted by Gasteiger charge is -2.34. The van der Waals surface area contributed by atoms with E-state index in [1.54, 1.807) is 44.4 Å². The number of nitrogen functional groups attached to an aromatic ring is 1. The smallest absolute Gasteiger partial charge is 0.228 e. The van der Waals surface area contributed by atoms with Gasteiger partial charge in [0.05, 0.1) is 19.7 Å². The Labute approximate surface area is 170 Å². The number of carbonyl (C=O) groups is 1. The Balaban J connectivity index is 0.000000349. The first kappa shape index (κ1) is 19.4. The number of benzene rings is 1. The molecule has 0 amide bonds. The molecule has 3 N–H and O–H groups in total. The zero-order valence-electron chi connectivity index (χ0n) is 17.1. The minimum Gasteiger partial charge on any atom is -0.493 e. The highest BCUT2D eigenvalue weighted by molar-refractivity contribution is 5.92. The molecule has 2 aromatic rings. The number of carbonyl (C=O) groups excluding carboxylic acids is 1. The zero-order valence-corrected chi connectivity index (χ0v) is 17.1. The fraction of sp³-hybridized carbons (Fsp3) is 0.476. The van der Waals surface area contributed by atoms with Crippen LogP contribution < -0.4 is 25.4 Å². The topological polar surface area (TPSA) is 103 Å². The molecule has 1 aromatic heterocycles. The van der Waals surface area contributed by atoms with Gasteiger partial charge in [0.2, 0.25) is 5.95 Å². The minimum atomic E-state index is -0.296. The summed E-state index contributed by atoms with van der Waals surface area (Å²) in [5, 5.41) is 3.90. The van der Waals surface area contributed by atoms with E-state index in [0.717, 1.165) is 6.54 Å². The summed E-state index contributed by atoms with van der Waals surface area (Å²) in [5.74, 6) is 2.00. The molecule has 5 rings (SSSR count). The first-order chi connectivity index (χ1) is 14.0. The van der Waals surface area contributed by atoms with Gasteiger partial charge in [-0.1, -0.05) is 11.1 Å². The van der Waals surface area contributed by atoms with Gasteiger partial charge in [-0.2, -0.15) is 4.98 Å². The number of ketones is 1. The van der Waals surface area contributed by atoms with Crippen molar-refractivity contribution in [1.82, 2.24) is 15.3 Å². The van der Waals surface area contributed by atoms with Crippen molar-refractivity contribution in [3.63, 3.8) is 0 Å². The van der Waals surface area contributed by atoms with Crippen LogP contribution >= 0.6 is 0 Å². The molecule has 1 unspecified atom stereocenters. The van der Waals surface area contributed by atoms with Crippen LogP contribution in [0.5, 0.6) is 11.5 Å². The number of nitrogens with two attached hydrogens (primary N) is 1. The zero-order chi connectivity index (χ0) is 20.5. The van der Waals surface area contributed by atoms with Gasteiger partial charge in [-0.25, -0.2) is 4.98 Å². The molecule has 2 heterocycles. The number of hydrogen-bond acceptors (Lipinski definition) is 8. The molecule has 0 spiro atoms. The number of Topliss-reactive ketones (excluding diaryl/α,β-unsaturated/α-hetero) is 1. The molecule has 1 aromatic carbocycles. The van der Waals surface area contributed by atoms with Gasteiger partial charge in [-0.15, -0.1) is 0 Å². The van der Waals surface area contributed by atoms with Crippen LogP contribution in [0, 0.1) is 0 Å². The molecule has 8 nitrogen and oxygen atoms in total. The van der Waals surface area contributed by atoms with Crippen molar-refractivity contribution in [2.75, 3.05) is 44.5 Å². The molecule has 154 valence electrons. The summed E-state index contributed by atoms with van der Waals surface area (Å²) in [7, 11) is 3.13. The first-order valence-corrected chi connectivity index (χ1v) is 9.88. The quantitative estimate of drug-likeness (QED) is 0.756. The van der Waals surface area contributed by atoms with Gasteiger partial charge in [0, 0.05) is 31.1 Å². The van der Waals surface area contributed by atoms with Crippen LogP contribution in [0.2, 0.25) is 0 Å². The standard InChI is InChI=1S/C16H21N5O3.C5H6/c1-9(22)12-8-18-4-5-21(12)16-19-11-7-14(24-3)13(23-2)6-10(11)15(17)20-16;1-2-5-3-4(1)5/h6-7,12,18H,4-5,8H2,1-3H3,(H2,17,19,20);1-3H2. The molecule has 1 saturated heterocycles. The fourth-order valence-corrected chi connectivity index (χ4v) is 3.77. The number of hydrogen-bond donors (Lipinski definition) is 2. The molecule has 29 heavy (non-hydrogen) atoms. The van der Waals surface area contributed by atoms with E-state index in [2.05, 4.69) is 15.3 Å². The SMILES string of the molecule is C1CC2=C1C2.COc1cc2nc(N3CCNCC3C(C)=O)nc(N)c2cc1OC. The summed E-state index contributed by atoms with van der Waals surface area (Å²) in [5.41, 5.74) is 10.3. The number of allylic oxidation sites excluding steroid dienone is 2. The van der Waals surface area contributed by atoms with Crippen LogP contribution in [0.25, 0.3) is 10.9 Å². The fourth-order valence-electron chi connectivity index (χ4n) is 3.77. The Kier molecular flexibility index (Phi) is 5.27. The van der Waals surface area contributed by atoms with Crippen molar-refractivity contribution in [2.45, 2.75) is 32.2 Å². The van der Waals surface area contributed by atoms with E-state index in [0.29, 0.717) is 47.3 Å². The Morgan fingerprint density at radius 3 is 2.41 bits per heavy atom. The lowest BCUT2D eigenvalue weighted by molar-refractivity contribution is -0.118. The summed E-state index contributed by atoms with van der Waals surface area (Å²) in [6.07, 6.45) is 4.30. The average Bonchev–Trinajstić information content (AvgIpc) is 3.32. The van der Waals surface area contributed by atoms with Crippen LogP contribution in [0.15, 0.2) is 23.3 Å². The van der Waals surface area contributed by atoms with E-state index >= 15 is 0 Å². The maximum atomic E-state index is 11.9. The highest BCUT2D eigenvalue weighted by Crippen LogP contribution is 2.48. The third-order valence-electron chi connectivity index (χ3n) is 5.72. The Hall–Kier alpha value is -2.87. The van der Waals surface area contributed by atoms with Crippen molar-refractivity contribution < 1.29 is 14.3 Å². The highest BCUT2D eigenvalue weighted by Gasteiger charge is 2.29. The van der Waals surface area contributed by atoms with Crippen LogP contribution in [0.4, 0.5) is 11.8 Å². The summed E-state index contributed by atoms with van der Waals surface area (Å²) < 4.78 is 10.6. The van der Waals surface area contributed by atoms with Gasteiger partial charge >= 0.3 is 0 Å². The van der Waals surface area contributed by atoms with Gasteiger partial charge in [0.15, 0.2) is 17.3 Å². The Bertz CT molecular complexity index is 976. The number of fused-ring (bicyclic) bond motifs is 1. The highest BCUT2D eigenvalue weighted by atomic mass is 16.5. The number of piperazine rings is 1.